The first kappa shape index (κ1) is 17.8. The highest BCUT2D eigenvalue weighted by Gasteiger charge is 2.14. The van der Waals surface area contributed by atoms with Crippen molar-refractivity contribution in [3.05, 3.63) is 47.7 Å². The summed E-state index contributed by atoms with van der Waals surface area (Å²) >= 11 is 0. The Hall–Kier alpha value is -2.50. The van der Waals surface area contributed by atoms with Crippen LogP contribution < -0.4 is 10.2 Å². The number of carbonyl (C=O) groups excluding carboxylic acids is 1. The maximum absolute atomic E-state index is 12.4. The monoisotopic (exact) mass is 327 g/mol. The molecule has 1 amide bonds. The minimum atomic E-state index is -0.188. The lowest BCUT2D eigenvalue weighted by Crippen LogP contribution is -2.28. The summed E-state index contributed by atoms with van der Waals surface area (Å²) in [5.41, 5.74) is 1.41. The normalized spacial score (nSPS) is 10.5. The molecule has 0 radical (unpaired) electrons. The highest BCUT2D eigenvalue weighted by Crippen LogP contribution is 2.14. The van der Waals surface area contributed by atoms with Crippen LogP contribution in [-0.4, -0.2) is 33.9 Å². The van der Waals surface area contributed by atoms with E-state index < -0.39 is 0 Å². The zero-order valence-corrected chi connectivity index (χ0v) is 14.6. The molecular weight excluding hydrogens is 302 g/mol. The number of aromatic nitrogens is 3. The number of anilines is 1. The van der Waals surface area contributed by atoms with Crippen molar-refractivity contribution in [1.29, 1.82) is 0 Å². The summed E-state index contributed by atoms with van der Waals surface area (Å²) in [5.74, 6) is 1.24. The maximum atomic E-state index is 12.4. The van der Waals surface area contributed by atoms with E-state index in [-0.39, 0.29) is 5.91 Å². The second-order valence-electron chi connectivity index (χ2n) is 5.68. The minimum absolute atomic E-state index is 0.188. The van der Waals surface area contributed by atoms with Gasteiger partial charge in [-0.1, -0.05) is 13.8 Å². The standard InChI is InChI=1S/C18H25N5O/c1-4-10-23(11-5-2)17-12-16(21-14(3)22-17)18(24)20-13-15-6-8-19-9-7-15/h6-9,12H,4-5,10-11,13H2,1-3H3,(H,20,24). The molecule has 2 rings (SSSR count). The average molecular weight is 327 g/mol. The van der Waals surface area contributed by atoms with Crippen molar-refractivity contribution in [2.75, 3.05) is 18.0 Å². The van der Waals surface area contributed by atoms with Gasteiger partial charge in [-0.2, -0.15) is 0 Å². The number of hydrogen-bond acceptors (Lipinski definition) is 5. The summed E-state index contributed by atoms with van der Waals surface area (Å²) in [7, 11) is 0. The third kappa shape index (κ3) is 5.01. The number of amides is 1. The van der Waals surface area contributed by atoms with Crippen LogP contribution in [0, 0.1) is 6.92 Å². The van der Waals surface area contributed by atoms with Gasteiger partial charge in [0, 0.05) is 38.1 Å². The van der Waals surface area contributed by atoms with Crippen molar-refractivity contribution in [1.82, 2.24) is 20.3 Å². The van der Waals surface area contributed by atoms with Crippen LogP contribution in [0.1, 0.15) is 48.6 Å². The van der Waals surface area contributed by atoms with Gasteiger partial charge < -0.3 is 10.2 Å². The molecule has 128 valence electrons. The number of nitrogens with zero attached hydrogens (tertiary/aromatic N) is 4. The average Bonchev–Trinajstić information content (AvgIpc) is 2.60. The van der Waals surface area contributed by atoms with Crippen molar-refractivity contribution < 1.29 is 4.79 Å². The summed E-state index contributed by atoms with van der Waals surface area (Å²) in [5, 5.41) is 2.90. The van der Waals surface area contributed by atoms with E-state index >= 15 is 0 Å². The van der Waals surface area contributed by atoms with Gasteiger partial charge in [0.15, 0.2) is 0 Å². The molecule has 2 aromatic rings. The largest absolute Gasteiger partial charge is 0.357 e. The molecule has 0 unspecified atom stereocenters. The minimum Gasteiger partial charge on any atom is -0.357 e. The highest BCUT2D eigenvalue weighted by atomic mass is 16.1. The number of rotatable bonds is 8. The Morgan fingerprint density at radius 1 is 1.12 bits per heavy atom. The lowest BCUT2D eigenvalue weighted by molar-refractivity contribution is 0.0945. The molecule has 0 saturated heterocycles. The molecule has 2 aromatic heterocycles. The van der Waals surface area contributed by atoms with E-state index in [0.717, 1.165) is 37.3 Å². The summed E-state index contributed by atoms with van der Waals surface area (Å²) in [4.78, 5) is 27.4. The van der Waals surface area contributed by atoms with Gasteiger partial charge in [-0.15, -0.1) is 0 Å². The second kappa shape index (κ2) is 8.96. The van der Waals surface area contributed by atoms with Gasteiger partial charge in [0.2, 0.25) is 0 Å². The molecule has 24 heavy (non-hydrogen) atoms. The molecule has 2 heterocycles. The Morgan fingerprint density at radius 2 is 1.79 bits per heavy atom. The summed E-state index contributed by atoms with van der Waals surface area (Å²) in [6.07, 6.45) is 5.49. The van der Waals surface area contributed by atoms with E-state index in [1.54, 1.807) is 18.5 Å². The van der Waals surface area contributed by atoms with Crippen LogP contribution in [0.4, 0.5) is 5.82 Å². The second-order valence-corrected chi connectivity index (χ2v) is 5.68. The van der Waals surface area contributed by atoms with Gasteiger partial charge in [-0.25, -0.2) is 9.97 Å². The molecule has 6 heteroatoms. The summed E-state index contributed by atoms with van der Waals surface area (Å²) < 4.78 is 0. The smallest absolute Gasteiger partial charge is 0.270 e. The Balaban J connectivity index is 2.12. The van der Waals surface area contributed by atoms with Gasteiger partial charge in [-0.3, -0.25) is 9.78 Å². The maximum Gasteiger partial charge on any atom is 0.270 e. The molecule has 0 atom stereocenters. The molecule has 1 N–H and O–H groups in total. The van der Waals surface area contributed by atoms with Crippen LogP contribution in [0.15, 0.2) is 30.6 Å². The molecule has 0 fully saturated rings. The first-order valence-corrected chi connectivity index (χ1v) is 8.41. The Labute approximate surface area is 143 Å². The molecule has 0 saturated carbocycles. The number of carbonyl (C=O) groups is 1. The Bertz CT molecular complexity index is 654. The number of nitrogens with one attached hydrogen (secondary N) is 1. The fourth-order valence-corrected chi connectivity index (χ4v) is 2.48. The summed E-state index contributed by atoms with van der Waals surface area (Å²) in [6.45, 7) is 8.38. The molecule has 0 spiro atoms. The number of hydrogen-bond donors (Lipinski definition) is 1. The zero-order valence-electron chi connectivity index (χ0n) is 14.6. The topological polar surface area (TPSA) is 71.0 Å². The predicted molar refractivity (Wildman–Crippen MR) is 95.0 cm³/mol. The third-order valence-corrected chi connectivity index (χ3v) is 3.57. The van der Waals surface area contributed by atoms with E-state index in [1.165, 1.54) is 0 Å². The van der Waals surface area contributed by atoms with E-state index in [0.29, 0.717) is 18.1 Å². The fraction of sp³-hybridized carbons (Fsp3) is 0.444. The first-order chi connectivity index (χ1) is 11.6. The van der Waals surface area contributed by atoms with Crippen LogP contribution in [0.2, 0.25) is 0 Å². The molecule has 0 aliphatic carbocycles. The fourth-order valence-electron chi connectivity index (χ4n) is 2.48. The molecule has 0 aliphatic rings. The van der Waals surface area contributed by atoms with Crippen LogP contribution in [0.3, 0.4) is 0 Å². The van der Waals surface area contributed by atoms with Crippen molar-refractivity contribution in [3.8, 4) is 0 Å². The van der Waals surface area contributed by atoms with Gasteiger partial charge in [0.25, 0.3) is 5.91 Å². The first-order valence-electron chi connectivity index (χ1n) is 8.41. The quantitative estimate of drug-likeness (QED) is 0.807. The molecular formula is C18H25N5O. The SMILES string of the molecule is CCCN(CCC)c1cc(C(=O)NCc2ccncc2)nc(C)n1. The van der Waals surface area contributed by atoms with Gasteiger partial charge >= 0.3 is 0 Å². The van der Waals surface area contributed by atoms with Crippen molar-refractivity contribution in [3.63, 3.8) is 0 Å². The van der Waals surface area contributed by atoms with Crippen molar-refractivity contribution in [2.45, 2.75) is 40.2 Å². The third-order valence-electron chi connectivity index (χ3n) is 3.57. The van der Waals surface area contributed by atoms with Gasteiger partial charge in [-0.05, 0) is 37.5 Å². The molecule has 0 bridgehead atoms. The summed E-state index contributed by atoms with van der Waals surface area (Å²) in [6, 6.07) is 5.53. The van der Waals surface area contributed by atoms with Crippen LogP contribution >= 0.6 is 0 Å². The van der Waals surface area contributed by atoms with Gasteiger partial charge in [0.05, 0.1) is 0 Å². The van der Waals surface area contributed by atoms with Gasteiger partial charge in [0.1, 0.15) is 17.3 Å². The molecule has 0 aliphatic heterocycles. The van der Waals surface area contributed by atoms with Crippen molar-refractivity contribution >= 4 is 11.7 Å². The van der Waals surface area contributed by atoms with Crippen LogP contribution in [0.25, 0.3) is 0 Å². The highest BCUT2D eigenvalue weighted by molar-refractivity contribution is 5.92. The molecule has 0 aromatic carbocycles. The molecule has 6 nitrogen and oxygen atoms in total. The van der Waals surface area contributed by atoms with E-state index in [2.05, 4.69) is 39.0 Å². The van der Waals surface area contributed by atoms with E-state index in [9.17, 15) is 4.79 Å². The Morgan fingerprint density at radius 3 is 2.42 bits per heavy atom. The lowest BCUT2D eigenvalue weighted by Gasteiger charge is -2.23. The van der Waals surface area contributed by atoms with Crippen molar-refractivity contribution in [2.24, 2.45) is 0 Å². The number of pyridine rings is 1. The van der Waals surface area contributed by atoms with Crippen LogP contribution in [-0.2, 0) is 6.54 Å². The predicted octanol–water partition coefficient (Wildman–Crippen LogP) is 2.74. The van der Waals surface area contributed by atoms with Crippen LogP contribution in [0.5, 0.6) is 0 Å². The van der Waals surface area contributed by atoms with E-state index in [1.807, 2.05) is 19.1 Å². The Kier molecular flexibility index (Phi) is 6.66. The zero-order chi connectivity index (χ0) is 17.4. The van der Waals surface area contributed by atoms with E-state index in [4.69, 9.17) is 0 Å². The number of aryl methyl sites for hydroxylation is 1. The lowest BCUT2D eigenvalue weighted by atomic mass is 10.2.